The van der Waals surface area contributed by atoms with Crippen LogP contribution >= 0.6 is 35.3 Å². The molecule has 5 nitrogen and oxygen atoms in total. The molecule has 0 aliphatic carbocycles. The van der Waals surface area contributed by atoms with Crippen molar-refractivity contribution >= 4 is 41.3 Å². The molecule has 2 aromatic rings. The number of thiophene rings is 1. The third kappa shape index (κ3) is 8.13. The van der Waals surface area contributed by atoms with Gasteiger partial charge >= 0.3 is 6.18 Å². The largest absolute Gasteiger partial charge is 0.493 e. The molecular formula is C18H23F3IN3O2S. The lowest BCUT2D eigenvalue weighted by atomic mass is 10.2. The van der Waals surface area contributed by atoms with Crippen molar-refractivity contribution < 1.29 is 22.6 Å². The Morgan fingerprint density at radius 1 is 1.11 bits per heavy atom. The van der Waals surface area contributed by atoms with E-state index >= 15 is 0 Å². The maximum atomic E-state index is 12.3. The highest BCUT2D eigenvalue weighted by atomic mass is 127. The number of ether oxygens (including phenoxy) is 2. The molecule has 1 aromatic carbocycles. The molecule has 0 saturated heterocycles. The van der Waals surface area contributed by atoms with Gasteiger partial charge in [-0.25, -0.2) is 0 Å². The van der Waals surface area contributed by atoms with Crippen molar-refractivity contribution in [2.75, 3.05) is 20.8 Å². The molecule has 0 bridgehead atoms. The van der Waals surface area contributed by atoms with E-state index in [1.54, 1.807) is 30.5 Å². The van der Waals surface area contributed by atoms with Gasteiger partial charge in [-0.3, -0.25) is 4.99 Å². The summed E-state index contributed by atoms with van der Waals surface area (Å²) in [5.41, 5.74) is 0.820. The van der Waals surface area contributed by atoms with Crippen LogP contribution in [0.2, 0.25) is 0 Å². The first-order chi connectivity index (χ1) is 12.8. The van der Waals surface area contributed by atoms with Crippen LogP contribution in [0.25, 0.3) is 0 Å². The molecule has 0 spiro atoms. The molecular weight excluding hydrogens is 506 g/mol. The number of halogens is 4. The lowest BCUT2D eigenvalue weighted by Crippen LogP contribution is -2.36. The Bertz CT molecular complexity index is 782. The number of nitrogens with zero attached hydrogens (tertiary/aromatic N) is 1. The predicted octanol–water partition coefficient (Wildman–Crippen LogP) is 4.49. The third-order valence-corrected chi connectivity index (χ3v) is 4.53. The Hall–Kier alpha value is -1.69. The molecule has 1 aromatic heterocycles. The maximum Gasteiger partial charge on any atom is 0.422 e. The number of hydrogen-bond donors (Lipinski definition) is 2. The van der Waals surface area contributed by atoms with E-state index in [2.05, 4.69) is 34.7 Å². The van der Waals surface area contributed by atoms with Crippen molar-refractivity contribution in [3.8, 4) is 11.5 Å². The van der Waals surface area contributed by atoms with Crippen molar-refractivity contribution in [2.45, 2.75) is 26.2 Å². The van der Waals surface area contributed by atoms with Crippen molar-refractivity contribution in [2.24, 2.45) is 4.99 Å². The summed E-state index contributed by atoms with van der Waals surface area (Å²) in [4.78, 5) is 6.60. The van der Waals surface area contributed by atoms with E-state index in [0.717, 1.165) is 5.56 Å². The van der Waals surface area contributed by atoms with Crippen molar-refractivity contribution in [3.63, 3.8) is 0 Å². The van der Waals surface area contributed by atoms with Crippen LogP contribution in [0.15, 0.2) is 35.3 Å². The van der Waals surface area contributed by atoms with Crippen LogP contribution in [0, 0.1) is 6.92 Å². The second-order valence-corrected chi connectivity index (χ2v) is 7.05. The van der Waals surface area contributed by atoms with Gasteiger partial charge in [-0.1, -0.05) is 6.07 Å². The van der Waals surface area contributed by atoms with Gasteiger partial charge in [-0.05, 0) is 36.8 Å². The molecule has 28 heavy (non-hydrogen) atoms. The van der Waals surface area contributed by atoms with Gasteiger partial charge in [0.25, 0.3) is 0 Å². The summed E-state index contributed by atoms with van der Waals surface area (Å²) in [6.07, 6.45) is -4.40. The molecule has 1 heterocycles. The summed E-state index contributed by atoms with van der Waals surface area (Å²) in [6, 6.07) is 8.90. The molecule has 0 atom stereocenters. The van der Waals surface area contributed by atoms with Crippen molar-refractivity contribution in [3.05, 3.63) is 45.6 Å². The molecule has 0 amide bonds. The molecule has 0 unspecified atom stereocenters. The molecule has 2 N–H and O–H groups in total. The van der Waals surface area contributed by atoms with Gasteiger partial charge in [0, 0.05) is 23.3 Å². The van der Waals surface area contributed by atoms with Crippen LogP contribution in [0.4, 0.5) is 13.2 Å². The van der Waals surface area contributed by atoms with Crippen LogP contribution in [0.5, 0.6) is 11.5 Å². The first kappa shape index (κ1) is 24.3. The summed E-state index contributed by atoms with van der Waals surface area (Å²) in [5.74, 6) is 0.919. The number of benzene rings is 1. The van der Waals surface area contributed by atoms with E-state index in [1.807, 2.05) is 0 Å². The quantitative estimate of drug-likeness (QED) is 0.316. The summed E-state index contributed by atoms with van der Waals surface area (Å²) in [5, 5.41) is 6.37. The minimum atomic E-state index is -4.40. The third-order valence-electron chi connectivity index (χ3n) is 3.53. The van der Waals surface area contributed by atoms with E-state index in [1.165, 1.54) is 22.9 Å². The smallest absolute Gasteiger partial charge is 0.422 e. The molecule has 0 aliphatic rings. The fraction of sp³-hybridized carbons (Fsp3) is 0.389. The minimum Gasteiger partial charge on any atom is -0.493 e. The standard InChI is InChI=1S/C18H22F3N3O2S.HI/c1-12-4-6-14(27-12)10-24-17(22-2)23-9-13-5-7-15(16(8-13)25-3)26-11-18(19,20)21;/h4-8H,9-11H2,1-3H3,(H2,22,23,24);1H. The zero-order valence-electron chi connectivity index (χ0n) is 15.7. The number of rotatable bonds is 7. The molecule has 0 saturated carbocycles. The zero-order valence-corrected chi connectivity index (χ0v) is 18.9. The Morgan fingerprint density at radius 3 is 2.39 bits per heavy atom. The van der Waals surface area contributed by atoms with Crippen molar-refractivity contribution in [1.29, 1.82) is 0 Å². The minimum absolute atomic E-state index is 0. The second-order valence-electron chi connectivity index (χ2n) is 5.68. The van der Waals surface area contributed by atoms with Crippen LogP contribution in [-0.2, 0) is 13.1 Å². The Balaban J connectivity index is 0.00000392. The van der Waals surface area contributed by atoms with Crippen LogP contribution in [0.3, 0.4) is 0 Å². The average molecular weight is 529 g/mol. The molecule has 0 fully saturated rings. The summed E-state index contributed by atoms with van der Waals surface area (Å²) < 4.78 is 46.8. The fourth-order valence-electron chi connectivity index (χ4n) is 2.26. The highest BCUT2D eigenvalue weighted by molar-refractivity contribution is 14.0. The number of aliphatic imine (C=N–C) groups is 1. The van der Waals surface area contributed by atoms with Crippen molar-refractivity contribution in [1.82, 2.24) is 10.6 Å². The van der Waals surface area contributed by atoms with E-state index in [4.69, 9.17) is 9.47 Å². The monoisotopic (exact) mass is 529 g/mol. The summed E-state index contributed by atoms with van der Waals surface area (Å²) in [7, 11) is 3.06. The van der Waals surface area contributed by atoms with Crippen LogP contribution in [0.1, 0.15) is 15.3 Å². The molecule has 2 rings (SSSR count). The fourth-order valence-corrected chi connectivity index (χ4v) is 3.09. The van der Waals surface area contributed by atoms with E-state index in [-0.39, 0.29) is 35.5 Å². The lowest BCUT2D eigenvalue weighted by molar-refractivity contribution is -0.153. The van der Waals surface area contributed by atoms with Gasteiger partial charge in [-0.15, -0.1) is 35.3 Å². The van der Waals surface area contributed by atoms with E-state index < -0.39 is 12.8 Å². The molecule has 0 aliphatic heterocycles. The maximum absolute atomic E-state index is 12.3. The van der Waals surface area contributed by atoms with Gasteiger partial charge in [-0.2, -0.15) is 13.2 Å². The number of aryl methyl sites for hydroxylation is 1. The number of guanidine groups is 1. The predicted molar refractivity (Wildman–Crippen MR) is 116 cm³/mol. The number of nitrogens with one attached hydrogen (secondary N) is 2. The first-order valence-electron chi connectivity index (χ1n) is 8.17. The first-order valence-corrected chi connectivity index (χ1v) is 8.98. The van der Waals surface area contributed by atoms with E-state index in [9.17, 15) is 13.2 Å². The van der Waals surface area contributed by atoms with E-state index in [0.29, 0.717) is 19.0 Å². The average Bonchev–Trinajstić information content (AvgIpc) is 3.05. The highest BCUT2D eigenvalue weighted by Crippen LogP contribution is 2.29. The Labute approximate surface area is 183 Å². The lowest BCUT2D eigenvalue weighted by Gasteiger charge is -2.15. The van der Waals surface area contributed by atoms with Gasteiger partial charge in [0.2, 0.25) is 0 Å². The van der Waals surface area contributed by atoms with Gasteiger partial charge in [0.05, 0.1) is 13.7 Å². The van der Waals surface area contributed by atoms with Gasteiger partial charge < -0.3 is 20.1 Å². The number of methoxy groups -OCH3 is 1. The second kappa shape index (κ2) is 11.3. The van der Waals surface area contributed by atoms with Crippen LogP contribution in [-0.4, -0.2) is 32.9 Å². The van der Waals surface area contributed by atoms with Gasteiger partial charge in [0.15, 0.2) is 24.1 Å². The summed E-state index contributed by atoms with van der Waals surface area (Å²) >= 11 is 1.71. The zero-order chi connectivity index (χ0) is 19.9. The number of alkyl halides is 3. The molecule has 10 heteroatoms. The summed E-state index contributed by atoms with van der Waals surface area (Å²) in [6.45, 7) is 1.78. The Morgan fingerprint density at radius 2 is 1.82 bits per heavy atom. The van der Waals surface area contributed by atoms with Gasteiger partial charge in [0.1, 0.15) is 0 Å². The molecule has 0 radical (unpaired) electrons. The highest BCUT2D eigenvalue weighted by Gasteiger charge is 2.29. The SMILES string of the molecule is CN=C(NCc1ccc(OCC(F)(F)F)c(OC)c1)NCc1ccc(C)s1.I. The Kier molecular flexibility index (Phi) is 9.87. The number of hydrogen-bond acceptors (Lipinski definition) is 4. The molecule has 156 valence electrons. The van der Waals surface area contributed by atoms with Crippen LogP contribution < -0.4 is 20.1 Å². The topological polar surface area (TPSA) is 54.9 Å². The normalized spacial score (nSPS) is 11.6.